The van der Waals surface area contributed by atoms with Crippen molar-refractivity contribution in [1.29, 1.82) is 0 Å². The van der Waals surface area contributed by atoms with Crippen molar-refractivity contribution < 1.29 is 0 Å². The van der Waals surface area contributed by atoms with E-state index in [1.165, 1.54) is 124 Å². The van der Waals surface area contributed by atoms with E-state index in [0.29, 0.717) is 11.8 Å². The third kappa shape index (κ3) is 3.60. The summed E-state index contributed by atoms with van der Waals surface area (Å²) in [7, 11) is 0. The van der Waals surface area contributed by atoms with Crippen LogP contribution in [0.2, 0.25) is 0 Å². The maximum atomic E-state index is 2.78. The summed E-state index contributed by atoms with van der Waals surface area (Å²) in [4.78, 5) is 5.40. The van der Waals surface area contributed by atoms with E-state index in [2.05, 4.69) is 161 Å². The maximum Gasteiger partial charge on any atom is 0.252 e. The lowest BCUT2D eigenvalue weighted by Crippen LogP contribution is -2.61. The van der Waals surface area contributed by atoms with Gasteiger partial charge in [-0.25, -0.2) is 0 Å². The second-order valence-electron chi connectivity index (χ2n) is 19.3. The van der Waals surface area contributed by atoms with Crippen molar-refractivity contribution in [3.05, 3.63) is 174 Å². The quantitative estimate of drug-likeness (QED) is 0.162. The molecule has 15 rings (SSSR count). The largest absolute Gasteiger partial charge is 0.311 e. The Kier molecular flexibility index (Phi) is 6.02. The van der Waals surface area contributed by atoms with Gasteiger partial charge in [-0.15, -0.1) is 0 Å². The Morgan fingerprint density at radius 2 is 0.915 bits per heavy atom. The highest BCUT2D eigenvalue weighted by atomic mass is 15.2. The summed E-state index contributed by atoms with van der Waals surface area (Å²) in [5.41, 5.74) is 24.8. The summed E-state index contributed by atoms with van der Waals surface area (Å²) in [5.74, 6) is 2.79. The molecule has 6 aliphatic carbocycles. The SMILES string of the molecule is c1ccc(N2c3ccccc3B3c4cc5c(cc4N(c4ccccc4)c4c3c2cc2c4-c3ccccc3C23C2CCC3CC2)-c2ccccc2C52C3CCC2CC3)cc1. The molecule has 4 saturated carbocycles. The van der Waals surface area contributed by atoms with E-state index in [-0.39, 0.29) is 17.5 Å². The smallest absolute Gasteiger partial charge is 0.252 e. The Morgan fingerprint density at radius 3 is 1.58 bits per heavy atom. The Balaban J connectivity index is 1.12. The first-order valence-corrected chi connectivity index (χ1v) is 22.7. The zero-order valence-corrected chi connectivity index (χ0v) is 33.4. The van der Waals surface area contributed by atoms with Gasteiger partial charge in [0.25, 0.3) is 6.71 Å². The fourth-order valence-corrected chi connectivity index (χ4v) is 15.8. The minimum Gasteiger partial charge on any atom is -0.311 e. The molecule has 2 aliphatic heterocycles. The molecule has 0 atom stereocenters. The van der Waals surface area contributed by atoms with Crippen molar-refractivity contribution in [2.75, 3.05) is 9.80 Å². The molecule has 0 aromatic heterocycles. The minimum atomic E-state index is 0.0555. The van der Waals surface area contributed by atoms with Gasteiger partial charge in [0.2, 0.25) is 0 Å². The normalized spacial score (nSPS) is 27.5. The van der Waals surface area contributed by atoms with Crippen LogP contribution >= 0.6 is 0 Å². The molecule has 2 nitrogen and oxygen atoms in total. The lowest BCUT2D eigenvalue weighted by molar-refractivity contribution is 0.400. The number of anilines is 6. The third-order valence-electron chi connectivity index (χ3n) is 17.5. The summed E-state index contributed by atoms with van der Waals surface area (Å²) < 4.78 is 0. The molecular weight excluding hydrogens is 711 g/mol. The Hall–Kier alpha value is -5.80. The van der Waals surface area contributed by atoms with E-state index < -0.39 is 0 Å². The molecule has 59 heavy (non-hydrogen) atoms. The van der Waals surface area contributed by atoms with E-state index in [1.807, 2.05) is 0 Å². The van der Waals surface area contributed by atoms with Crippen molar-refractivity contribution >= 4 is 57.2 Å². The molecule has 3 heteroatoms. The molecule has 0 amide bonds. The molecule has 0 unspecified atom stereocenters. The highest BCUT2D eigenvalue weighted by molar-refractivity contribution is 7.00. The number of rotatable bonds is 2. The zero-order valence-electron chi connectivity index (χ0n) is 33.4. The third-order valence-corrected chi connectivity index (χ3v) is 17.5. The van der Waals surface area contributed by atoms with Crippen LogP contribution in [0.1, 0.15) is 73.6 Å². The van der Waals surface area contributed by atoms with Crippen LogP contribution in [0.5, 0.6) is 0 Å². The molecule has 4 fully saturated rings. The van der Waals surface area contributed by atoms with Crippen molar-refractivity contribution in [2.24, 2.45) is 23.7 Å². The fraction of sp³-hybridized carbons (Fsp3) is 0.250. The van der Waals surface area contributed by atoms with Gasteiger partial charge >= 0.3 is 0 Å². The number of para-hydroxylation sites is 3. The van der Waals surface area contributed by atoms with Crippen LogP contribution in [0, 0.1) is 23.7 Å². The number of fused-ring (bicyclic) bond motifs is 11. The van der Waals surface area contributed by atoms with Gasteiger partial charge in [-0.2, -0.15) is 0 Å². The van der Waals surface area contributed by atoms with Crippen LogP contribution in [0.4, 0.5) is 34.1 Å². The molecule has 7 aromatic carbocycles. The molecule has 0 radical (unpaired) electrons. The van der Waals surface area contributed by atoms with Crippen molar-refractivity contribution in [3.8, 4) is 22.3 Å². The van der Waals surface area contributed by atoms with Gasteiger partial charge in [0.1, 0.15) is 0 Å². The molecular formula is C56H45BN2. The van der Waals surface area contributed by atoms with Crippen LogP contribution in [0.15, 0.2) is 152 Å². The number of hydrogen-bond acceptors (Lipinski definition) is 2. The van der Waals surface area contributed by atoms with Crippen molar-refractivity contribution in [3.63, 3.8) is 0 Å². The first kappa shape index (κ1) is 32.1. The Morgan fingerprint density at radius 1 is 0.390 bits per heavy atom. The standard InChI is InChI=1S/C56H45BN2/c1-3-13-38(14-4-1)58-49-22-12-11-21-47(49)57-48-32-45-42(40-17-7-9-19-43(40)55(45)34-23-24-35(55)26-25-34)31-50(48)59(39-15-5-2-6-16-39)54-52-41-18-8-10-20-44(41)56(36-27-28-37(56)30-29-36)46(52)33-51(58)53(54)57/h1-22,31-37H,23-30H2. The van der Waals surface area contributed by atoms with E-state index in [0.717, 1.165) is 11.8 Å². The topological polar surface area (TPSA) is 6.48 Å². The van der Waals surface area contributed by atoms with Crippen molar-refractivity contribution in [1.82, 2.24) is 0 Å². The first-order valence-electron chi connectivity index (χ1n) is 22.7. The van der Waals surface area contributed by atoms with Crippen molar-refractivity contribution in [2.45, 2.75) is 62.2 Å². The number of hydrogen-bond donors (Lipinski definition) is 0. The van der Waals surface area contributed by atoms with Gasteiger partial charge in [0, 0.05) is 44.8 Å². The maximum absolute atomic E-state index is 2.78. The van der Waals surface area contributed by atoms with Gasteiger partial charge < -0.3 is 9.80 Å². The lowest BCUT2D eigenvalue weighted by atomic mass is 9.33. The summed E-state index contributed by atoms with van der Waals surface area (Å²) in [5, 5.41) is 0. The van der Waals surface area contributed by atoms with E-state index in [9.17, 15) is 0 Å². The average molecular weight is 757 g/mol. The van der Waals surface area contributed by atoms with Crippen LogP contribution < -0.4 is 26.2 Å². The molecule has 0 saturated heterocycles. The molecule has 7 aromatic rings. The Bertz CT molecular complexity index is 2930. The number of benzene rings is 7. The monoisotopic (exact) mass is 756 g/mol. The number of nitrogens with zero attached hydrogens (tertiary/aromatic N) is 2. The highest BCUT2D eigenvalue weighted by Gasteiger charge is 2.63. The summed E-state index contributed by atoms with van der Waals surface area (Å²) in [6, 6.07) is 59.6. The van der Waals surface area contributed by atoms with E-state index in [1.54, 1.807) is 22.3 Å². The second-order valence-corrected chi connectivity index (χ2v) is 19.3. The van der Waals surface area contributed by atoms with E-state index in [4.69, 9.17) is 0 Å². The molecule has 0 N–H and O–H groups in total. The molecule has 2 spiro atoms. The van der Waals surface area contributed by atoms with Crippen LogP contribution in [0.25, 0.3) is 22.3 Å². The second kappa shape index (κ2) is 11.1. The predicted octanol–water partition coefficient (Wildman–Crippen LogP) is 11.9. The van der Waals surface area contributed by atoms with Gasteiger partial charge in [0.15, 0.2) is 0 Å². The lowest BCUT2D eigenvalue weighted by Gasteiger charge is -2.46. The van der Waals surface area contributed by atoms with Gasteiger partial charge in [-0.1, -0.05) is 109 Å². The molecule has 282 valence electrons. The highest BCUT2D eigenvalue weighted by Crippen LogP contribution is 2.71. The zero-order chi connectivity index (χ0) is 38.2. The van der Waals surface area contributed by atoms with Crippen LogP contribution in [-0.4, -0.2) is 6.71 Å². The first-order chi connectivity index (χ1) is 29.3. The molecule has 8 aliphatic rings. The van der Waals surface area contributed by atoms with Gasteiger partial charge in [0.05, 0.1) is 5.69 Å². The van der Waals surface area contributed by atoms with Gasteiger partial charge in [-0.05, 0) is 173 Å². The molecule has 2 heterocycles. The average Bonchev–Trinajstić information content (AvgIpc) is 4.15. The summed E-state index contributed by atoms with van der Waals surface area (Å²) in [6.45, 7) is 0.102. The van der Waals surface area contributed by atoms with Crippen LogP contribution in [0.3, 0.4) is 0 Å². The van der Waals surface area contributed by atoms with E-state index >= 15 is 0 Å². The molecule has 4 bridgehead atoms. The summed E-state index contributed by atoms with van der Waals surface area (Å²) in [6.07, 6.45) is 10.7. The predicted molar refractivity (Wildman–Crippen MR) is 244 cm³/mol. The van der Waals surface area contributed by atoms with Crippen LogP contribution in [-0.2, 0) is 10.8 Å². The minimum absolute atomic E-state index is 0.0555. The van der Waals surface area contributed by atoms with Gasteiger partial charge in [-0.3, -0.25) is 0 Å². The summed E-state index contributed by atoms with van der Waals surface area (Å²) >= 11 is 0. The Labute approximate surface area is 347 Å². The fourth-order valence-electron chi connectivity index (χ4n) is 15.8.